The fourth-order valence-electron chi connectivity index (χ4n) is 4.18. The van der Waals surface area contributed by atoms with Gasteiger partial charge in [-0.15, -0.1) is 0 Å². The zero-order valence-electron chi connectivity index (χ0n) is 20.2. The lowest BCUT2D eigenvalue weighted by atomic mass is 10.1. The first-order valence-corrected chi connectivity index (χ1v) is 14.1. The Bertz CT molecular complexity index is 1430. The van der Waals surface area contributed by atoms with Gasteiger partial charge in [-0.1, -0.05) is 29.3 Å². The summed E-state index contributed by atoms with van der Waals surface area (Å²) in [6, 6.07) is 16.3. The van der Waals surface area contributed by atoms with E-state index in [9.17, 15) is 13.2 Å². The normalized spacial score (nSPS) is 15.4. The summed E-state index contributed by atoms with van der Waals surface area (Å²) < 4.78 is 44.2. The van der Waals surface area contributed by atoms with Gasteiger partial charge in [0, 0.05) is 32.7 Å². The minimum Gasteiger partial charge on any atom is -0.484 e. The van der Waals surface area contributed by atoms with Crippen molar-refractivity contribution in [3.05, 3.63) is 76.3 Å². The van der Waals surface area contributed by atoms with Crippen molar-refractivity contribution in [3.63, 3.8) is 0 Å². The molecule has 2 aliphatic heterocycles. The summed E-state index contributed by atoms with van der Waals surface area (Å²) >= 11 is 11.8. The van der Waals surface area contributed by atoms with Crippen molar-refractivity contribution in [1.82, 2.24) is 9.80 Å². The van der Waals surface area contributed by atoms with Crippen molar-refractivity contribution >= 4 is 44.8 Å². The fourth-order valence-corrected chi connectivity index (χ4v) is 5.53. The van der Waals surface area contributed by atoms with Crippen LogP contribution in [0.2, 0.25) is 10.0 Å². The van der Waals surface area contributed by atoms with E-state index in [1.165, 1.54) is 42.5 Å². The molecule has 0 aliphatic carbocycles. The van der Waals surface area contributed by atoms with Gasteiger partial charge in [-0.3, -0.25) is 14.4 Å². The molecule has 3 aromatic carbocycles. The van der Waals surface area contributed by atoms with Crippen molar-refractivity contribution in [1.29, 1.82) is 0 Å². The Morgan fingerprint density at radius 1 is 0.895 bits per heavy atom. The molecule has 200 valence electrons. The Morgan fingerprint density at radius 2 is 1.63 bits per heavy atom. The molecule has 0 atom stereocenters. The maximum Gasteiger partial charge on any atom is 0.261 e. The second-order valence-electron chi connectivity index (χ2n) is 8.84. The second-order valence-corrected chi connectivity index (χ2v) is 11.3. The number of ether oxygens (including phenoxy) is 3. The second kappa shape index (κ2) is 11.3. The fraction of sp³-hybridized carbons (Fsp3) is 0.269. The van der Waals surface area contributed by atoms with E-state index in [2.05, 4.69) is 9.62 Å². The first-order valence-electron chi connectivity index (χ1n) is 11.9. The number of nitrogens with one attached hydrogen (secondary N) is 1. The van der Waals surface area contributed by atoms with Crippen molar-refractivity contribution in [2.45, 2.75) is 11.4 Å². The smallest absolute Gasteiger partial charge is 0.261 e. The van der Waals surface area contributed by atoms with Crippen LogP contribution in [0.15, 0.2) is 65.6 Å². The molecular formula is C26H25Cl2N3O6S. The van der Waals surface area contributed by atoms with Crippen molar-refractivity contribution in [2.24, 2.45) is 0 Å². The van der Waals surface area contributed by atoms with Crippen LogP contribution in [0.3, 0.4) is 0 Å². The molecule has 12 heteroatoms. The number of rotatable bonds is 8. The van der Waals surface area contributed by atoms with Gasteiger partial charge in [0.25, 0.3) is 15.9 Å². The van der Waals surface area contributed by atoms with Crippen LogP contribution in [0.4, 0.5) is 5.69 Å². The summed E-state index contributed by atoms with van der Waals surface area (Å²) in [4.78, 5) is 16.8. The molecule has 5 rings (SSSR count). The van der Waals surface area contributed by atoms with Gasteiger partial charge < -0.3 is 19.1 Å². The Balaban J connectivity index is 1.08. The van der Waals surface area contributed by atoms with Crippen LogP contribution in [0, 0.1) is 0 Å². The molecule has 1 N–H and O–H groups in total. The van der Waals surface area contributed by atoms with Gasteiger partial charge in [-0.2, -0.15) is 0 Å². The summed E-state index contributed by atoms with van der Waals surface area (Å²) in [6.45, 7) is 3.59. The lowest BCUT2D eigenvalue weighted by molar-refractivity contribution is -0.135. The standard InChI is InChI=1S/C26H25Cl2N3O6S/c27-22-7-2-19(14-23(22)28)29-38(33,34)21-5-3-20(4-6-21)35-16-26(32)31-11-9-30(10-12-31)15-18-1-8-24-25(13-18)37-17-36-24/h1-8,13-14,29H,9-12,15-17H2. The van der Waals surface area contributed by atoms with Crippen LogP contribution < -0.4 is 18.9 Å². The topological polar surface area (TPSA) is 97.4 Å². The van der Waals surface area contributed by atoms with E-state index < -0.39 is 10.0 Å². The highest BCUT2D eigenvalue weighted by atomic mass is 35.5. The summed E-state index contributed by atoms with van der Waals surface area (Å²) in [7, 11) is -3.84. The molecule has 0 aromatic heterocycles. The summed E-state index contributed by atoms with van der Waals surface area (Å²) in [5.41, 5.74) is 1.43. The molecule has 1 amide bonds. The molecule has 9 nitrogen and oxygen atoms in total. The average Bonchev–Trinajstić information content (AvgIpc) is 3.38. The van der Waals surface area contributed by atoms with E-state index >= 15 is 0 Å². The highest BCUT2D eigenvalue weighted by Gasteiger charge is 2.23. The number of amides is 1. The van der Waals surface area contributed by atoms with Gasteiger partial charge in [0.05, 0.1) is 20.6 Å². The maximum atomic E-state index is 12.7. The Kier molecular flexibility index (Phi) is 7.85. The number of benzene rings is 3. The van der Waals surface area contributed by atoms with Crippen molar-refractivity contribution in [2.75, 3.05) is 44.3 Å². The van der Waals surface area contributed by atoms with Gasteiger partial charge >= 0.3 is 0 Å². The van der Waals surface area contributed by atoms with Crippen LogP contribution in [-0.4, -0.2) is 63.7 Å². The van der Waals surface area contributed by atoms with Crippen LogP contribution in [0.5, 0.6) is 17.2 Å². The van der Waals surface area contributed by atoms with E-state index in [0.717, 1.165) is 36.7 Å². The average molecular weight is 578 g/mol. The molecule has 0 spiro atoms. The lowest BCUT2D eigenvalue weighted by Crippen LogP contribution is -2.49. The van der Waals surface area contributed by atoms with Crippen LogP contribution in [0.25, 0.3) is 0 Å². The largest absolute Gasteiger partial charge is 0.484 e. The van der Waals surface area contributed by atoms with Crippen molar-refractivity contribution < 1.29 is 27.4 Å². The number of carbonyl (C=O) groups excluding carboxylic acids is 1. The SMILES string of the molecule is O=C(COc1ccc(S(=O)(=O)Nc2ccc(Cl)c(Cl)c2)cc1)N1CCN(Cc2ccc3c(c2)OCO3)CC1. The zero-order valence-corrected chi connectivity index (χ0v) is 22.6. The Hall–Kier alpha value is -3.18. The Morgan fingerprint density at radius 3 is 2.37 bits per heavy atom. The number of hydrogen-bond acceptors (Lipinski definition) is 7. The highest BCUT2D eigenvalue weighted by Crippen LogP contribution is 2.33. The number of hydrogen-bond donors (Lipinski definition) is 1. The predicted molar refractivity (Wildman–Crippen MR) is 144 cm³/mol. The van der Waals surface area contributed by atoms with E-state index in [1.54, 1.807) is 4.90 Å². The number of anilines is 1. The third-order valence-electron chi connectivity index (χ3n) is 6.24. The lowest BCUT2D eigenvalue weighted by Gasteiger charge is -2.34. The van der Waals surface area contributed by atoms with E-state index in [1.807, 2.05) is 18.2 Å². The van der Waals surface area contributed by atoms with E-state index in [0.29, 0.717) is 29.5 Å². The Labute approximate surface area is 230 Å². The quantitative estimate of drug-likeness (QED) is 0.427. The molecule has 0 bridgehead atoms. The number of carbonyl (C=O) groups is 1. The van der Waals surface area contributed by atoms with E-state index in [-0.39, 0.29) is 29.2 Å². The number of halogens is 2. The molecule has 1 fully saturated rings. The molecule has 2 aliphatic rings. The number of piperazine rings is 1. The molecule has 38 heavy (non-hydrogen) atoms. The van der Waals surface area contributed by atoms with Gasteiger partial charge in [0.2, 0.25) is 6.79 Å². The van der Waals surface area contributed by atoms with Gasteiger partial charge in [0.15, 0.2) is 18.1 Å². The maximum absolute atomic E-state index is 12.7. The third kappa shape index (κ3) is 6.27. The van der Waals surface area contributed by atoms with E-state index in [4.69, 9.17) is 37.4 Å². The third-order valence-corrected chi connectivity index (χ3v) is 8.37. The summed E-state index contributed by atoms with van der Waals surface area (Å²) in [5.74, 6) is 1.81. The summed E-state index contributed by atoms with van der Waals surface area (Å²) in [5, 5.41) is 0.570. The number of nitrogens with zero attached hydrogens (tertiary/aromatic N) is 2. The van der Waals surface area contributed by atoms with Gasteiger partial charge in [0.1, 0.15) is 5.75 Å². The first kappa shape index (κ1) is 26.4. The zero-order chi connectivity index (χ0) is 26.7. The highest BCUT2D eigenvalue weighted by molar-refractivity contribution is 7.92. The minimum atomic E-state index is -3.84. The monoisotopic (exact) mass is 577 g/mol. The first-order chi connectivity index (χ1) is 18.3. The van der Waals surface area contributed by atoms with Gasteiger partial charge in [-0.05, 0) is 60.2 Å². The molecule has 0 unspecified atom stereocenters. The molecule has 2 heterocycles. The van der Waals surface area contributed by atoms with Crippen LogP contribution in [0.1, 0.15) is 5.56 Å². The summed E-state index contributed by atoms with van der Waals surface area (Å²) in [6.07, 6.45) is 0. The molecule has 0 radical (unpaired) electrons. The van der Waals surface area contributed by atoms with Crippen LogP contribution >= 0.6 is 23.2 Å². The number of fused-ring (bicyclic) bond motifs is 1. The van der Waals surface area contributed by atoms with Crippen LogP contribution in [-0.2, 0) is 21.4 Å². The molecule has 3 aromatic rings. The molecular weight excluding hydrogens is 553 g/mol. The van der Waals surface area contributed by atoms with Crippen molar-refractivity contribution in [3.8, 4) is 17.2 Å². The van der Waals surface area contributed by atoms with Gasteiger partial charge in [-0.25, -0.2) is 8.42 Å². The number of sulfonamides is 1. The molecule has 1 saturated heterocycles. The minimum absolute atomic E-state index is 0.0424. The predicted octanol–water partition coefficient (Wildman–Crippen LogP) is 4.25. The molecule has 0 saturated carbocycles.